The Morgan fingerprint density at radius 3 is 1.25 bits per heavy atom. The van der Waals surface area contributed by atoms with Gasteiger partial charge < -0.3 is 5.71 Å². The molecule has 0 aliphatic rings. The summed E-state index contributed by atoms with van der Waals surface area (Å²) in [5.74, 6) is 0. The third kappa shape index (κ3) is 9.06. The van der Waals surface area contributed by atoms with Crippen molar-refractivity contribution >= 4 is 112 Å². The van der Waals surface area contributed by atoms with Crippen LogP contribution < -0.4 is 0 Å². The molecule has 0 bridgehead atoms. The second-order valence-corrected chi connectivity index (χ2v) is 0. The Labute approximate surface area is 115 Å². The third-order valence-electron chi connectivity index (χ3n) is 0. The molecule has 0 aliphatic carbocycles. The van der Waals surface area contributed by atoms with Crippen LogP contribution in [0.2, 0.25) is 0 Å². The molecule has 0 saturated heterocycles. The van der Waals surface area contributed by atoms with Gasteiger partial charge in [0.25, 0.3) is 0 Å². The summed E-state index contributed by atoms with van der Waals surface area (Å²) in [7, 11) is 0. The maximum atomic E-state index is 0. The molecule has 0 aromatic rings. The summed E-state index contributed by atoms with van der Waals surface area (Å²) < 4.78 is 0. The minimum absolute atomic E-state index is 0. The third-order valence-corrected chi connectivity index (χ3v) is 0. The van der Waals surface area contributed by atoms with Crippen LogP contribution in [0.1, 0.15) is 5.71 Å². The van der Waals surface area contributed by atoms with E-state index in [4.69, 9.17) is 0 Å². The first kappa shape index (κ1) is 26.1. The summed E-state index contributed by atoms with van der Waals surface area (Å²) in [6.45, 7) is 0. The van der Waals surface area contributed by atoms with Crippen LogP contribution in [-0.2, 0) is 0 Å². The van der Waals surface area contributed by atoms with Crippen molar-refractivity contribution in [3.05, 3.63) is 0 Å². The van der Waals surface area contributed by atoms with Crippen molar-refractivity contribution in [1.82, 2.24) is 0 Å². The molecular weight excluding hydrogens is 215 g/mol. The molecular formula is H7AlBBaCa. The van der Waals surface area contributed by atoms with Crippen LogP contribution in [0.4, 0.5) is 0 Å². The molecule has 0 unspecified atom stereocenters. The molecule has 0 amide bonds. The maximum absolute atomic E-state index is 0. The zero-order valence-corrected chi connectivity index (χ0v) is 8.64. The van der Waals surface area contributed by atoms with E-state index in [2.05, 4.69) is 0 Å². The quantitative estimate of drug-likeness (QED) is 0.421. The number of hydrogen-bond acceptors (Lipinski definition) is 0. The fourth-order valence-corrected chi connectivity index (χ4v) is 0. The van der Waals surface area contributed by atoms with Crippen LogP contribution in [0.15, 0.2) is 0 Å². The molecule has 3 radical (unpaired) electrons. The van der Waals surface area contributed by atoms with E-state index in [1.54, 1.807) is 0 Å². The van der Waals surface area contributed by atoms with Crippen molar-refractivity contribution < 1.29 is 5.71 Å². The van der Waals surface area contributed by atoms with E-state index in [9.17, 15) is 0 Å². The van der Waals surface area contributed by atoms with Gasteiger partial charge in [0.2, 0.25) is 0 Å². The van der Waals surface area contributed by atoms with Gasteiger partial charge in [0.15, 0.2) is 17.4 Å². The molecule has 0 saturated carbocycles. The van der Waals surface area contributed by atoms with E-state index >= 15 is 0 Å². The Bertz CT molecular complexity index is 16.0. The minimum Gasteiger partial charge on any atom is -1.00 e. The van der Waals surface area contributed by atoms with Crippen molar-refractivity contribution in [2.75, 3.05) is 0 Å². The van der Waals surface area contributed by atoms with E-state index in [0.717, 1.165) is 0 Å². The summed E-state index contributed by atoms with van der Waals surface area (Å²) in [4.78, 5) is 0. The Morgan fingerprint density at radius 1 is 1.25 bits per heavy atom. The van der Waals surface area contributed by atoms with Gasteiger partial charge in [-0.05, 0) is 0 Å². The average Bonchev–Trinajstić information content (AvgIpc) is 0. The second-order valence-electron chi connectivity index (χ2n) is 0. The van der Waals surface area contributed by atoms with E-state index in [1.807, 2.05) is 0 Å². The van der Waals surface area contributed by atoms with Crippen molar-refractivity contribution in [3.8, 4) is 0 Å². The first-order chi connectivity index (χ1) is 0. The van der Waals surface area contributed by atoms with Crippen molar-refractivity contribution in [3.63, 3.8) is 0 Å². The van der Waals surface area contributed by atoms with Gasteiger partial charge in [0.05, 0.1) is 0 Å². The van der Waals surface area contributed by atoms with Gasteiger partial charge in [-0.1, -0.05) is 0 Å². The molecule has 0 aromatic heterocycles. The Balaban J connectivity index is 0. The molecule has 17 valence electrons. The average molecular weight is 222 g/mol. The van der Waals surface area contributed by atoms with Gasteiger partial charge in [-0.15, -0.1) is 0 Å². The molecule has 0 spiro atoms. The maximum Gasteiger partial charge on any atom is 2.00 e. The van der Waals surface area contributed by atoms with Gasteiger partial charge in [0, 0.05) is 8.41 Å². The van der Waals surface area contributed by atoms with Gasteiger partial charge in [-0.25, -0.2) is 0 Å². The van der Waals surface area contributed by atoms with Crippen molar-refractivity contribution in [2.45, 2.75) is 0 Å². The summed E-state index contributed by atoms with van der Waals surface area (Å²) >= 11 is 0. The normalized spacial score (nSPS) is 0. The summed E-state index contributed by atoms with van der Waals surface area (Å²) in [5.41, 5.74) is 0. The summed E-state index contributed by atoms with van der Waals surface area (Å²) in [5, 5.41) is 0. The predicted octanol–water partition coefficient (Wildman–Crippen LogP) is -1.88. The fraction of sp³-hybridized carbons (Fsp3) is 0. The SMILES string of the molecule is [AlH3].[B].[Ba+2].[Ca+2].[H-].[H-].[H-].[H-]. The number of hydrogen-bond donors (Lipinski definition) is 0. The van der Waals surface area contributed by atoms with Crippen LogP contribution in [-0.4, -0.2) is 112 Å². The monoisotopic (exact) mass is 223 g/mol. The van der Waals surface area contributed by atoms with Crippen molar-refractivity contribution in [1.29, 1.82) is 0 Å². The molecule has 0 heterocycles. The summed E-state index contributed by atoms with van der Waals surface area (Å²) in [6.07, 6.45) is 0. The Morgan fingerprint density at radius 2 is 1.25 bits per heavy atom. The van der Waals surface area contributed by atoms with E-state index < -0.39 is 0 Å². The van der Waals surface area contributed by atoms with E-state index in [-0.39, 0.29) is 118 Å². The van der Waals surface area contributed by atoms with Gasteiger partial charge in [-0.3, -0.25) is 0 Å². The van der Waals surface area contributed by atoms with Gasteiger partial charge in [-0.2, -0.15) is 0 Å². The molecule has 4 heteroatoms. The zero-order chi connectivity index (χ0) is 0. The summed E-state index contributed by atoms with van der Waals surface area (Å²) in [6, 6.07) is 0. The largest absolute Gasteiger partial charge is 2.00 e. The molecule has 0 N–H and O–H groups in total. The van der Waals surface area contributed by atoms with Gasteiger partial charge >= 0.3 is 86.6 Å². The van der Waals surface area contributed by atoms with Crippen LogP contribution in [0.3, 0.4) is 0 Å². The van der Waals surface area contributed by atoms with Crippen molar-refractivity contribution in [2.24, 2.45) is 0 Å². The van der Waals surface area contributed by atoms with Crippen LogP contribution in [0.5, 0.6) is 0 Å². The standard InChI is InChI=1S/Al.B.Ba.Ca.7H/q;;2*+2;;;;4*-1. The Hall–Kier alpha value is 3.43. The zero-order valence-electron chi connectivity index (χ0n) is 5.99. The molecule has 0 fully saturated rings. The second kappa shape index (κ2) is 16.1. The van der Waals surface area contributed by atoms with E-state index in [1.165, 1.54) is 0 Å². The molecule has 4 heavy (non-hydrogen) atoms. The topological polar surface area (TPSA) is 0 Å². The van der Waals surface area contributed by atoms with Crippen LogP contribution in [0.25, 0.3) is 0 Å². The van der Waals surface area contributed by atoms with E-state index in [0.29, 0.717) is 0 Å². The molecule has 0 rings (SSSR count). The fourth-order valence-electron chi connectivity index (χ4n) is 0. The van der Waals surface area contributed by atoms with Crippen LogP contribution >= 0.6 is 0 Å². The predicted molar refractivity (Wildman–Crippen MR) is 31.6 cm³/mol. The molecule has 0 atom stereocenters. The first-order valence-corrected chi connectivity index (χ1v) is 0. The van der Waals surface area contributed by atoms with Gasteiger partial charge in [0.1, 0.15) is 0 Å². The van der Waals surface area contributed by atoms with Crippen LogP contribution in [0, 0.1) is 0 Å². The molecule has 0 aromatic carbocycles. The smallest absolute Gasteiger partial charge is 1.00 e. The minimum atomic E-state index is 0. The first-order valence-electron chi connectivity index (χ1n) is 0. The number of rotatable bonds is 0. The Kier molecular flexibility index (Phi) is 105. The molecule has 0 nitrogen and oxygen atoms in total. The molecule has 0 aliphatic heterocycles.